The Labute approximate surface area is 158 Å². The summed E-state index contributed by atoms with van der Waals surface area (Å²) in [5.41, 5.74) is 7.47. The van der Waals surface area contributed by atoms with Crippen molar-refractivity contribution < 1.29 is 14.4 Å². The van der Waals surface area contributed by atoms with Gasteiger partial charge in [0.15, 0.2) is 0 Å². The Kier molecular flexibility index (Phi) is 5.54. The Balaban J connectivity index is 1.60. The van der Waals surface area contributed by atoms with Crippen LogP contribution >= 0.6 is 0 Å². The summed E-state index contributed by atoms with van der Waals surface area (Å²) in [6.07, 6.45) is 1.01. The largest absolute Gasteiger partial charge is 0.366 e. The number of carbonyl (C=O) groups is 3. The Hall–Kier alpha value is -3.15. The second-order valence-electron chi connectivity index (χ2n) is 6.78. The molecular formula is C21H23N3O3. The third-order valence-corrected chi connectivity index (χ3v) is 4.95. The van der Waals surface area contributed by atoms with Gasteiger partial charge in [0.1, 0.15) is 0 Å². The van der Waals surface area contributed by atoms with Crippen molar-refractivity contribution in [1.82, 2.24) is 4.90 Å². The number of benzene rings is 2. The highest BCUT2D eigenvalue weighted by Crippen LogP contribution is 2.23. The van der Waals surface area contributed by atoms with Crippen molar-refractivity contribution in [2.45, 2.75) is 12.8 Å². The number of amides is 3. The zero-order valence-electron chi connectivity index (χ0n) is 15.3. The summed E-state index contributed by atoms with van der Waals surface area (Å²) < 4.78 is 0. The van der Waals surface area contributed by atoms with Crippen molar-refractivity contribution in [3.05, 3.63) is 65.7 Å². The van der Waals surface area contributed by atoms with Gasteiger partial charge in [0.05, 0.1) is 5.92 Å². The molecule has 6 nitrogen and oxygen atoms in total. The molecule has 1 fully saturated rings. The molecule has 2 aromatic rings. The number of likely N-dealkylation sites (tertiary alicyclic amines) is 1. The van der Waals surface area contributed by atoms with Crippen LogP contribution in [0.3, 0.4) is 0 Å². The monoisotopic (exact) mass is 365 g/mol. The van der Waals surface area contributed by atoms with Gasteiger partial charge in [0.25, 0.3) is 0 Å². The summed E-state index contributed by atoms with van der Waals surface area (Å²) in [4.78, 5) is 39.5. The highest BCUT2D eigenvalue weighted by Gasteiger charge is 2.35. The van der Waals surface area contributed by atoms with Crippen LogP contribution in [-0.4, -0.2) is 42.8 Å². The number of rotatable bonds is 6. The fraction of sp³-hybridized carbons (Fsp3) is 0.286. The molecule has 1 atom stereocenters. The highest BCUT2D eigenvalue weighted by molar-refractivity contribution is 5.99. The molecule has 27 heavy (non-hydrogen) atoms. The van der Waals surface area contributed by atoms with Crippen LogP contribution in [0.15, 0.2) is 54.6 Å². The van der Waals surface area contributed by atoms with Gasteiger partial charge in [-0.15, -0.1) is 0 Å². The number of primary amides is 1. The third-order valence-electron chi connectivity index (χ3n) is 4.95. The standard InChI is InChI=1S/C21H23N3O3/c1-23(18-9-7-16(8-10-18)20(22)26)21(27)17-13-19(25)24(14-17)12-11-15-5-3-2-4-6-15/h2-10,17H,11-14H2,1H3,(H2,22,26). The van der Waals surface area contributed by atoms with Gasteiger partial charge in [0.2, 0.25) is 17.7 Å². The highest BCUT2D eigenvalue weighted by atomic mass is 16.2. The number of hydrogen-bond donors (Lipinski definition) is 1. The predicted molar refractivity (Wildman–Crippen MR) is 103 cm³/mol. The first-order valence-corrected chi connectivity index (χ1v) is 8.95. The molecule has 0 aliphatic carbocycles. The minimum Gasteiger partial charge on any atom is -0.366 e. The Morgan fingerprint density at radius 1 is 1.11 bits per heavy atom. The predicted octanol–water partition coefficient (Wildman–Crippen LogP) is 1.84. The molecule has 0 aromatic heterocycles. The molecule has 2 aromatic carbocycles. The minimum absolute atomic E-state index is 0.0155. The fourth-order valence-corrected chi connectivity index (χ4v) is 3.31. The molecule has 3 amide bonds. The molecule has 3 rings (SSSR count). The molecule has 0 saturated carbocycles. The van der Waals surface area contributed by atoms with Crippen LogP contribution < -0.4 is 10.6 Å². The number of anilines is 1. The molecule has 1 heterocycles. The summed E-state index contributed by atoms with van der Waals surface area (Å²) in [6.45, 7) is 1.05. The number of hydrogen-bond acceptors (Lipinski definition) is 3. The molecular weight excluding hydrogens is 342 g/mol. The van der Waals surface area contributed by atoms with Crippen molar-refractivity contribution in [1.29, 1.82) is 0 Å². The van der Waals surface area contributed by atoms with E-state index < -0.39 is 5.91 Å². The van der Waals surface area contributed by atoms with E-state index in [0.717, 1.165) is 6.42 Å². The molecule has 0 radical (unpaired) electrons. The lowest BCUT2D eigenvalue weighted by atomic mass is 10.1. The van der Waals surface area contributed by atoms with Crippen LogP contribution in [-0.2, 0) is 16.0 Å². The van der Waals surface area contributed by atoms with Crippen LogP contribution in [0, 0.1) is 5.92 Å². The molecule has 0 spiro atoms. The van der Waals surface area contributed by atoms with E-state index in [1.807, 2.05) is 30.3 Å². The van der Waals surface area contributed by atoms with Gasteiger partial charge < -0.3 is 15.5 Å². The minimum atomic E-state index is -0.508. The smallest absolute Gasteiger partial charge is 0.248 e. The first-order valence-electron chi connectivity index (χ1n) is 8.95. The zero-order valence-corrected chi connectivity index (χ0v) is 15.3. The maximum atomic E-state index is 12.8. The van der Waals surface area contributed by atoms with E-state index in [-0.39, 0.29) is 24.2 Å². The Morgan fingerprint density at radius 2 is 1.78 bits per heavy atom. The summed E-state index contributed by atoms with van der Waals surface area (Å²) in [5, 5.41) is 0. The van der Waals surface area contributed by atoms with E-state index >= 15 is 0 Å². The number of nitrogens with zero attached hydrogens (tertiary/aromatic N) is 2. The lowest BCUT2D eigenvalue weighted by Crippen LogP contribution is -2.35. The number of nitrogens with two attached hydrogens (primary N) is 1. The van der Waals surface area contributed by atoms with Crippen LogP contribution in [0.5, 0.6) is 0 Å². The van der Waals surface area contributed by atoms with Gasteiger partial charge in [-0.1, -0.05) is 30.3 Å². The fourth-order valence-electron chi connectivity index (χ4n) is 3.31. The Bertz CT molecular complexity index is 834. The van der Waals surface area contributed by atoms with Crippen molar-refractivity contribution >= 4 is 23.4 Å². The lowest BCUT2D eigenvalue weighted by Gasteiger charge is -2.22. The van der Waals surface area contributed by atoms with E-state index in [1.165, 1.54) is 10.5 Å². The van der Waals surface area contributed by atoms with Crippen LogP contribution in [0.25, 0.3) is 0 Å². The molecule has 1 unspecified atom stereocenters. The molecule has 140 valence electrons. The van der Waals surface area contributed by atoms with E-state index in [4.69, 9.17) is 5.73 Å². The van der Waals surface area contributed by atoms with Crippen LogP contribution in [0.1, 0.15) is 22.3 Å². The van der Waals surface area contributed by atoms with E-state index in [9.17, 15) is 14.4 Å². The van der Waals surface area contributed by atoms with Gasteiger partial charge >= 0.3 is 0 Å². The van der Waals surface area contributed by atoms with Gasteiger partial charge in [-0.25, -0.2) is 0 Å². The van der Waals surface area contributed by atoms with Gasteiger partial charge in [-0.2, -0.15) is 0 Å². The Morgan fingerprint density at radius 3 is 2.41 bits per heavy atom. The average Bonchev–Trinajstić information content (AvgIpc) is 3.06. The normalized spacial score (nSPS) is 16.4. The average molecular weight is 365 g/mol. The van der Waals surface area contributed by atoms with E-state index in [2.05, 4.69) is 0 Å². The summed E-state index contributed by atoms with van der Waals surface area (Å²) in [6, 6.07) is 16.5. The van der Waals surface area contributed by atoms with Gasteiger partial charge in [0, 0.05) is 37.8 Å². The molecule has 1 saturated heterocycles. The molecule has 0 bridgehead atoms. The first kappa shape index (κ1) is 18.6. The first-order chi connectivity index (χ1) is 13.0. The zero-order chi connectivity index (χ0) is 19.4. The van der Waals surface area contributed by atoms with Crippen molar-refractivity contribution in [3.63, 3.8) is 0 Å². The van der Waals surface area contributed by atoms with Gasteiger partial charge in [-0.05, 0) is 36.2 Å². The lowest BCUT2D eigenvalue weighted by molar-refractivity contribution is -0.128. The topological polar surface area (TPSA) is 83.7 Å². The van der Waals surface area contributed by atoms with Crippen LogP contribution in [0.4, 0.5) is 5.69 Å². The molecule has 1 aliphatic rings. The molecule has 2 N–H and O–H groups in total. The van der Waals surface area contributed by atoms with E-state index in [1.54, 1.807) is 36.2 Å². The SMILES string of the molecule is CN(C(=O)C1CC(=O)N(CCc2ccccc2)C1)c1ccc(C(N)=O)cc1. The summed E-state index contributed by atoms with van der Waals surface area (Å²) in [5.74, 6) is -0.945. The van der Waals surface area contributed by atoms with Crippen molar-refractivity contribution in [2.75, 3.05) is 25.0 Å². The second kappa shape index (κ2) is 8.03. The third kappa shape index (κ3) is 4.34. The van der Waals surface area contributed by atoms with Gasteiger partial charge in [-0.3, -0.25) is 14.4 Å². The second-order valence-corrected chi connectivity index (χ2v) is 6.78. The summed E-state index contributed by atoms with van der Waals surface area (Å²) >= 11 is 0. The van der Waals surface area contributed by atoms with Crippen molar-refractivity contribution in [2.24, 2.45) is 11.7 Å². The maximum Gasteiger partial charge on any atom is 0.248 e. The molecule has 6 heteroatoms. The molecule has 1 aliphatic heterocycles. The quantitative estimate of drug-likeness (QED) is 0.848. The van der Waals surface area contributed by atoms with Crippen LogP contribution in [0.2, 0.25) is 0 Å². The van der Waals surface area contributed by atoms with Crippen molar-refractivity contribution in [3.8, 4) is 0 Å². The maximum absolute atomic E-state index is 12.8. The number of carbonyl (C=O) groups excluding carboxylic acids is 3. The summed E-state index contributed by atoms with van der Waals surface area (Å²) in [7, 11) is 1.68. The van der Waals surface area contributed by atoms with E-state index in [0.29, 0.717) is 24.3 Å².